The second-order valence-electron chi connectivity index (χ2n) is 8.09. The van der Waals surface area contributed by atoms with Crippen molar-refractivity contribution in [1.29, 1.82) is 0 Å². The lowest BCUT2D eigenvalue weighted by molar-refractivity contribution is -0.0668. The summed E-state index contributed by atoms with van der Waals surface area (Å²) in [6.07, 6.45) is 3.92. The number of imidazole rings is 1. The third-order valence-electron chi connectivity index (χ3n) is 5.21. The van der Waals surface area contributed by atoms with Crippen LogP contribution in [0.3, 0.4) is 0 Å². The monoisotopic (exact) mass is 319 g/mol. The fourth-order valence-electron chi connectivity index (χ4n) is 2.99. The molecular weight excluding hydrogens is 286 g/mol. The number of nitrogens with one attached hydrogen (secondary N) is 1. The number of guanidine groups is 1. The van der Waals surface area contributed by atoms with Crippen LogP contribution >= 0.6 is 0 Å². The van der Waals surface area contributed by atoms with Crippen molar-refractivity contribution < 1.29 is 0 Å². The van der Waals surface area contributed by atoms with E-state index in [9.17, 15) is 0 Å². The van der Waals surface area contributed by atoms with E-state index in [1.165, 1.54) is 0 Å². The van der Waals surface area contributed by atoms with Gasteiger partial charge in [0.05, 0.1) is 0 Å². The van der Waals surface area contributed by atoms with Crippen molar-refractivity contribution in [2.45, 2.75) is 67.1 Å². The van der Waals surface area contributed by atoms with E-state index in [1.807, 2.05) is 6.20 Å². The van der Waals surface area contributed by atoms with Crippen molar-refractivity contribution in [3.8, 4) is 0 Å². The molecule has 1 fully saturated rings. The molecule has 0 unspecified atom stereocenters. The van der Waals surface area contributed by atoms with E-state index in [-0.39, 0.29) is 5.54 Å². The molecule has 0 amide bonds. The van der Waals surface area contributed by atoms with Crippen LogP contribution in [0.25, 0.3) is 0 Å². The molecule has 5 nitrogen and oxygen atoms in total. The molecule has 2 heterocycles. The lowest BCUT2D eigenvalue weighted by Crippen LogP contribution is -2.72. The third kappa shape index (κ3) is 3.54. The highest BCUT2D eigenvalue weighted by Crippen LogP contribution is 2.46. The topological polar surface area (TPSA) is 45.5 Å². The first kappa shape index (κ1) is 17.8. The van der Waals surface area contributed by atoms with Crippen molar-refractivity contribution in [2.75, 3.05) is 13.1 Å². The highest BCUT2D eigenvalue weighted by molar-refractivity contribution is 5.82. The van der Waals surface area contributed by atoms with Crippen molar-refractivity contribution in [3.05, 3.63) is 18.2 Å². The van der Waals surface area contributed by atoms with E-state index in [1.54, 1.807) is 0 Å². The molecule has 23 heavy (non-hydrogen) atoms. The molecule has 1 saturated heterocycles. The number of nitrogens with zero attached hydrogens (tertiary/aromatic N) is 4. The zero-order valence-electron chi connectivity index (χ0n) is 15.8. The van der Waals surface area contributed by atoms with E-state index in [2.05, 4.69) is 74.4 Å². The number of aromatic nitrogens is 2. The SMILES string of the molecule is CCNC(=NCc1nccn1CC(C)C)N1CC(C)(C)C1(C)C. The van der Waals surface area contributed by atoms with Crippen molar-refractivity contribution in [3.63, 3.8) is 0 Å². The summed E-state index contributed by atoms with van der Waals surface area (Å²) in [5.74, 6) is 2.64. The largest absolute Gasteiger partial charge is 0.356 e. The van der Waals surface area contributed by atoms with Gasteiger partial charge in [0.2, 0.25) is 0 Å². The van der Waals surface area contributed by atoms with Crippen LogP contribution in [0.4, 0.5) is 0 Å². The van der Waals surface area contributed by atoms with Crippen LogP contribution in [0.1, 0.15) is 54.3 Å². The zero-order chi connectivity index (χ0) is 17.3. The lowest BCUT2D eigenvalue weighted by Gasteiger charge is -2.62. The fourth-order valence-corrected chi connectivity index (χ4v) is 2.99. The molecule has 0 aliphatic carbocycles. The molecule has 5 heteroatoms. The molecule has 1 aliphatic heterocycles. The molecule has 1 aliphatic rings. The minimum atomic E-state index is 0.112. The van der Waals surface area contributed by atoms with E-state index >= 15 is 0 Å². The van der Waals surface area contributed by atoms with Gasteiger partial charge in [0.1, 0.15) is 12.4 Å². The molecular formula is C18H33N5. The predicted molar refractivity (Wildman–Crippen MR) is 96.4 cm³/mol. The Morgan fingerprint density at radius 3 is 2.57 bits per heavy atom. The number of aliphatic imine (C=N–C) groups is 1. The minimum absolute atomic E-state index is 0.112. The molecule has 0 radical (unpaired) electrons. The Hall–Kier alpha value is -1.52. The third-order valence-corrected chi connectivity index (χ3v) is 5.21. The fraction of sp³-hybridized carbons (Fsp3) is 0.778. The number of rotatable bonds is 5. The molecule has 0 atom stereocenters. The Labute approximate surface area is 141 Å². The molecule has 1 aromatic heterocycles. The average Bonchev–Trinajstić information content (AvgIpc) is 2.87. The quantitative estimate of drug-likeness (QED) is 0.670. The van der Waals surface area contributed by atoms with Crippen LogP contribution in [0, 0.1) is 11.3 Å². The van der Waals surface area contributed by atoms with Crippen molar-refractivity contribution in [2.24, 2.45) is 16.3 Å². The summed E-state index contributed by atoms with van der Waals surface area (Å²) < 4.78 is 2.21. The summed E-state index contributed by atoms with van der Waals surface area (Å²) in [4.78, 5) is 11.7. The van der Waals surface area contributed by atoms with Gasteiger partial charge in [-0.1, -0.05) is 27.7 Å². The van der Waals surface area contributed by atoms with Gasteiger partial charge in [-0.3, -0.25) is 0 Å². The lowest BCUT2D eigenvalue weighted by atomic mass is 9.65. The van der Waals surface area contributed by atoms with Crippen LogP contribution < -0.4 is 5.32 Å². The zero-order valence-corrected chi connectivity index (χ0v) is 15.8. The molecule has 1 aromatic rings. The first-order valence-electron chi connectivity index (χ1n) is 8.75. The molecule has 130 valence electrons. The Kier molecular flexibility index (Phi) is 5.07. The summed E-state index contributed by atoms with van der Waals surface area (Å²) in [7, 11) is 0. The van der Waals surface area contributed by atoms with Crippen LogP contribution in [-0.2, 0) is 13.1 Å². The Morgan fingerprint density at radius 2 is 2.04 bits per heavy atom. The minimum Gasteiger partial charge on any atom is -0.356 e. The van der Waals surface area contributed by atoms with Crippen LogP contribution in [0.2, 0.25) is 0 Å². The second kappa shape index (κ2) is 6.54. The molecule has 0 spiro atoms. The molecule has 2 rings (SSSR count). The van der Waals surface area contributed by atoms with Crippen LogP contribution in [0.5, 0.6) is 0 Å². The summed E-state index contributed by atoms with van der Waals surface area (Å²) in [6.45, 7) is 19.3. The standard InChI is InChI=1S/C18H33N5/c1-8-19-16(23-13-17(4,5)18(23,6)7)21-11-15-20-9-10-22(15)12-14(2)3/h9-10,14H,8,11-13H2,1-7H3,(H,19,21). The van der Waals surface area contributed by atoms with Crippen molar-refractivity contribution >= 4 is 5.96 Å². The second-order valence-corrected chi connectivity index (χ2v) is 8.09. The Morgan fingerprint density at radius 1 is 1.35 bits per heavy atom. The van der Waals surface area contributed by atoms with Gasteiger partial charge in [0.15, 0.2) is 5.96 Å². The van der Waals surface area contributed by atoms with Crippen LogP contribution in [-0.4, -0.2) is 39.0 Å². The van der Waals surface area contributed by atoms with E-state index < -0.39 is 0 Å². The van der Waals surface area contributed by atoms with Gasteiger partial charge in [-0.2, -0.15) is 0 Å². The van der Waals surface area contributed by atoms with E-state index in [0.29, 0.717) is 17.9 Å². The van der Waals surface area contributed by atoms with Gasteiger partial charge in [-0.05, 0) is 26.7 Å². The van der Waals surface area contributed by atoms with Gasteiger partial charge in [-0.25, -0.2) is 9.98 Å². The maximum Gasteiger partial charge on any atom is 0.194 e. The number of likely N-dealkylation sites (tertiary alicyclic amines) is 1. The molecule has 1 N–H and O–H groups in total. The average molecular weight is 319 g/mol. The summed E-state index contributed by atoms with van der Waals surface area (Å²) in [6, 6.07) is 0. The smallest absolute Gasteiger partial charge is 0.194 e. The van der Waals surface area contributed by atoms with Gasteiger partial charge in [0, 0.05) is 43.0 Å². The predicted octanol–water partition coefficient (Wildman–Crippen LogP) is 3.13. The molecule has 0 bridgehead atoms. The summed E-state index contributed by atoms with van der Waals surface area (Å²) in [5.41, 5.74) is 0.417. The number of hydrogen-bond acceptors (Lipinski definition) is 2. The Bertz CT molecular complexity index is 554. The van der Waals surface area contributed by atoms with E-state index in [0.717, 1.165) is 31.4 Å². The summed E-state index contributed by atoms with van der Waals surface area (Å²) in [5, 5.41) is 3.44. The molecule has 0 saturated carbocycles. The van der Waals surface area contributed by atoms with Crippen molar-refractivity contribution in [1.82, 2.24) is 19.8 Å². The first-order valence-corrected chi connectivity index (χ1v) is 8.75. The maximum atomic E-state index is 4.86. The summed E-state index contributed by atoms with van der Waals surface area (Å²) >= 11 is 0. The molecule has 0 aromatic carbocycles. The van der Waals surface area contributed by atoms with Gasteiger partial charge in [-0.15, -0.1) is 0 Å². The first-order chi connectivity index (χ1) is 10.7. The highest BCUT2D eigenvalue weighted by Gasteiger charge is 2.53. The van der Waals surface area contributed by atoms with Gasteiger partial charge < -0.3 is 14.8 Å². The Balaban J connectivity index is 2.13. The maximum absolute atomic E-state index is 4.86. The van der Waals surface area contributed by atoms with Gasteiger partial charge in [0.25, 0.3) is 0 Å². The highest BCUT2D eigenvalue weighted by atomic mass is 15.4. The van der Waals surface area contributed by atoms with Crippen LogP contribution in [0.15, 0.2) is 17.4 Å². The van der Waals surface area contributed by atoms with Gasteiger partial charge >= 0.3 is 0 Å². The normalized spacial score (nSPS) is 19.8. The van der Waals surface area contributed by atoms with E-state index in [4.69, 9.17) is 4.99 Å². The number of hydrogen-bond donors (Lipinski definition) is 1.